The lowest BCUT2D eigenvalue weighted by Gasteiger charge is -2.36. The Morgan fingerprint density at radius 1 is 1.04 bits per heavy atom. The number of para-hydroxylation sites is 1. The molecule has 0 unspecified atom stereocenters. The van der Waals surface area contributed by atoms with Gasteiger partial charge in [-0.25, -0.2) is 0 Å². The van der Waals surface area contributed by atoms with E-state index in [2.05, 4.69) is 44.9 Å². The average Bonchev–Trinajstić information content (AvgIpc) is 3.06. The Labute approximate surface area is 169 Å². The summed E-state index contributed by atoms with van der Waals surface area (Å²) in [5, 5.41) is 1.22. The van der Waals surface area contributed by atoms with Crippen LogP contribution in [0.5, 0.6) is 0 Å². The Kier molecular flexibility index (Phi) is 5.92. The molecule has 3 nitrogen and oxygen atoms in total. The summed E-state index contributed by atoms with van der Waals surface area (Å²) in [4.78, 5) is 16.2. The van der Waals surface area contributed by atoms with Crippen LogP contribution in [-0.4, -0.2) is 25.7 Å². The molecule has 0 bridgehead atoms. The fourth-order valence-electron chi connectivity index (χ4n) is 3.17. The molecule has 0 aliphatic carbocycles. The lowest BCUT2D eigenvalue weighted by molar-refractivity contribution is 0.0994. The minimum atomic E-state index is -1.75. The third-order valence-corrected chi connectivity index (χ3v) is 10.5. The maximum atomic E-state index is 12.8. The summed E-state index contributed by atoms with van der Waals surface area (Å²) >= 11 is 0. The van der Waals surface area contributed by atoms with Crippen molar-refractivity contribution in [1.29, 1.82) is 0 Å². The monoisotopic (exact) mass is 393 g/mol. The Balaban J connectivity index is 1.75. The van der Waals surface area contributed by atoms with Crippen LogP contribution in [0.4, 0.5) is 0 Å². The Hall–Kier alpha value is -2.17. The maximum absolute atomic E-state index is 12.8. The molecule has 0 atom stereocenters. The summed E-state index contributed by atoms with van der Waals surface area (Å²) in [6, 6.07) is 16.1. The molecule has 1 N–H and O–H groups in total. The number of carbonyl (C=O) groups is 1. The van der Waals surface area contributed by atoms with Crippen LogP contribution in [-0.2, 0) is 17.3 Å². The van der Waals surface area contributed by atoms with E-state index in [4.69, 9.17) is 4.43 Å². The van der Waals surface area contributed by atoms with Crippen LogP contribution in [0.25, 0.3) is 10.9 Å². The minimum Gasteiger partial charge on any atom is -0.416 e. The number of hydrogen-bond acceptors (Lipinski definition) is 2. The van der Waals surface area contributed by atoms with E-state index in [0.717, 1.165) is 28.5 Å². The first kappa shape index (κ1) is 20.6. The smallest absolute Gasteiger partial charge is 0.191 e. The number of nitrogens with one attached hydrogen (secondary N) is 1. The Morgan fingerprint density at radius 2 is 1.75 bits per heavy atom. The predicted molar refractivity (Wildman–Crippen MR) is 120 cm³/mol. The lowest BCUT2D eigenvalue weighted by atomic mass is 10.0. The molecule has 0 saturated carbocycles. The van der Waals surface area contributed by atoms with Crippen LogP contribution in [0, 0.1) is 0 Å². The van der Waals surface area contributed by atoms with Crippen LogP contribution in [0.1, 0.15) is 42.3 Å². The number of carbonyl (C=O) groups excluding carboxylic acids is 1. The fourth-order valence-corrected chi connectivity index (χ4v) is 4.21. The predicted octanol–water partition coefficient (Wildman–Crippen LogP) is 6.16. The van der Waals surface area contributed by atoms with Gasteiger partial charge in [0, 0.05) is 35.7 Å². The molecule has 1 heterocycles. The minimum absolute atomic E-state index is 0.145. The quantitative estimate of drug-likeness (QED) is 0.386. The van der Waals surface area contributed by atoms with Crippen molar-refractivity contribution >= 4 is 25.0 Å². The first-order chi connectivity index (χ1) is 13.2. The molecular formula is C24H31NO2Si. The zero-order valence-electron chi connectivity index (χ0n) is 17.6. The van der Waals surface area contributed by atoms with Crippen molar-refractivity contribution in [3.05, 3.63) is 71.4 Å². The number of Topliss-reactive ketones (excluding diaryl/α,β-unsaturated/α-hetero) is 1. The molecule has 0 aliphatic rings. The van der Waals surface area contributed by atoms with Crippen molar-refractivity contribution in [2.75, 3.05) is 6.61 Å². The van der Waals surface area contributed by atoms with Gasteiger partial charge in [-0.15, -0.1) is 0 Å². The van der Waals surface area contributed by atoms with E-state index in [1.54, 1.807) is 0 Å². The van der Waals surface area contributed by atoms with Crippen LogP contribution in [0.2, 0.25) is 18.1 Å². The Morgan fingerprint density at radius 3 is 2.43 bits per heavy atom. The van der Waals surface area contributed by atoms with Gasteiger partial charge in [0.2, 0.25) is 0 Å². The third kappa shape index (κ3) is 4.45. The van der Waals surface area contributed by atoms with Gasteiger partial charge in [0.15, 0.2) is 14.1 Å². The van der Waals surface area contributed by atoms with Gasteiger partial charge in [0.25, 0.3) is 0 Å². The molecule has 1 aromatic heterocycles. The largest absolute Gasteiger partial charge is 0.416 e. The summed E-state index contributed by atoms with van der Waals surface area (Å²) in [6.45, 7) is 12.0. The first-order valence-corrected chi connectivity index (χ1v) is 12.9. The van der Waals surface area contributed by atoms with Gasteiger partial charge in [0.05, 0.1) is 0 Å². The number of aromatic amines is 1. The molecule has 148 valence electrons. The summed E-state index contributed by atoms with van der Waals surface area (Å²) < 4.78 is 6.34. The molecule has 0 radical (unpaired) electrons. The lowest BCUT2D eigenvalue weighted by Crippen LogP contribution is -2.41. The number of H-pyrrole nitrogens is 1. The van der Waals surface area contributed by atoms with Gasteiger partial charge in [-0.3, -0.25) is 4.79 Å². The fraction of sp³-hybridized carbons (Fsp3) is 0.375. The second-order valence-electron chi connectivity index (χ2n) is 8.99. The zero-order chi connectivity index (χ0) is 20.4. The molecule has 2 aromatic carbocycles. The SMILES string of the molecule is CC(C)(C)[Si](C)(C)OCCc1cccc2c(C(=O)Cc3ccccc3)c[nH]c12. The van der Waals surface area contributed by atoms with Crippen molar-refractivity contribution < 1.29 is 9.22 Å². The van der Waals surface area contributed by atoms with Crippen molar-refractivity contribution in [1.82, 2.24) is 4.98 Å². The van der Waals surface area contributed by atoms with E-state index in [1.807, 2.05) is 48.7 Å². The highest BCUT2D eigenvalue weighted by Crippen LogP contribution is 2.36. The van der Waals surface area contributed by atoms with Gasteiger partial charge < -0.3 is 9.41 Å². The van der Waals surface area contributed by atoms with Crippen LogP contribution >= 0.6 is 0 Å². The number of rotatable bonds is 7. The molecule has 3 rings (SSSR count). The average molecular weight is 394 g/mol. The van der Waals surface area contributed by atoms with Crippen LogP contribution in [0.15, 0.2) is 54.7 Å². The van der Waals surface area contributed by atoms with E-state index >= 15 is 0 Å². The molecule has 0 spiro atoms. The maximum Gasteiger partial charge on any atom is 0.191 e. The number of ketones is 1. The number of aromatic nitrogens is 1. The second-order valence-corrected chi connectivity index (χ2v) is 13.8. The normalized spacial score (nSPS) is 12.5. The van der Waals surface area contributed by atoms with E-state index in [0.29, 0.717) is 13.0 Å². The van der Waals surface area contributed by atoms with Gasteiger partial charge in [-0.1, -0.05) is 69.3 Å². The molecule has 0 saturated heterocycles. The van der Waals surface area contributed by atoms with E-state index in [1.165, 1.54) is 5.56 Å². The van der Waals surface area contributed by atoms with Crippen LogP contribution < -0.4 is 0 Å². The van der Waals surface area contributed by atoms with E-state index in [-0.39, 0.29) is 10.8 Å². The van der Waals surface area contributed by atoms with Crippen molar-refractivity contribution in [2.45, 2.75) is 51.7 Å². The molecule has 0 fully saturated rings. The molecule has 28 heavy (non-hydrogen) atoms. The molecule has 4 heteroatoms. The van der Waals surface area contributed by atoms with Gasteiger partial charge in [-0.2, -0.15) is 0 Å². The first-order valence-electron chi connectivity index (χ1n) is 9.99. The standard InChI is InChI=1S/C24H31NO2Si/c1-24(2,3)28(4,5)27-15-14-19-12-9-13-20-21(17-25-23(19)20)22(26)16-18-10-7-6-8-11-18/h6-13,17,25H,14-16H2,1-5H3. The summed E-state index contributed by atoms with van der Waals surface area (Å²) in [5.41, 5.74) is 4.07. The summed E-state index contributed by atoms with van der Waals surface area (Å²) in [6.07, 6.45) is 3.12. The van der Waals surface area contributed by atoms with Crippen LogP contribution in [0.3, 0.4) is 0 Å². The highest BCUT2D eigenvalue weighted by Gasteiger charge is 2.36. The van der Waals surface area contributed by atoms with Gasteiger partial charge in [-0.05, 0) is 35.7 Å². The topological polar surface area (TPSA) is 42.1 Å². The van der Waals surface area contributed by atoms with E-state index < -0.39 is 8.32 Å². The third-order valence-electron chi connectivity index (χ3n) is 5.95. The van der Waals surface area contributed by atoms with Crippen molar-refractivity contribution in [3.63, 3.8) is 0 Å². The number of fused-ring (bicyclic) bond motifs is 1. The van der Waals surface area contributed by atoms with Gasteiger partial charge in [0.1, 0.15) is 0 Å². The van der Waals surface area contributed by atoms with Crippen molar-refractivity contribution in [2.24, 2.45) is 0 Å². The van der Waals surface area contributed by atoms with Crippen molar-refractivity contribution in [3.8, 4) is 0 Å². The van der Waals surface area contributed by atoms with E-state index in [9.17, 15) is 4.79 Å². The molecule has 3 aromatic rings. The Bertz CT molecular complexity index is 952. The summed E-state index contributed by atoms with van der Waals surface area (Å²) in [7, 11) is -1.75. The number of benzene rings is 2. The molecule has 0 aliphatic heterocycles. The zero-order valence-corrected chi connectivity index (χ0v) is 18.6. The van der Waals surface area contributed by atoms with Gasteiger partial charge >= 0.3 is 0 Å². The molecule has 0 amide bonds. The summed E-state index contributed by atoms with van der Waals surface area (Å²) in [5.74, 6) is 0.145. The number of hydrogen-bond donors (Lipinski definition) is 1. The molecular weight excluding hydrogens is 362 g/mol. The second kappa shape index (κ2) is 8.06. The highest BCUT2D eigenvalue weighted by atomic mass is 28.4. The highest BCUT2D eigenvalue weighted by molar-refractivity contribution is 6.74.